The first-order valence-corrected chi connectivity index (χ1v) is 7.83. The van der Waals surface area contributed by atoms with E-state index in [0.29, 0.717) is 12.1 Å². The molecule has 1 atom stereocenters. The van der Waals surface area contributed by atoms with Gasteiger partial charge >= 0.3 is 0 Å². The minimum absolute atomic E-state index is 0.515. The van der Waals surface area contributed by atoms with E-state index < -0.39 is 0 Å². The summed E-state index contributed by atoms with van der Waals surface area (Å²) in [5.74, 6) is 0. The third-order valence-corrected chi connectivity index (χ3v) is 4.48. The Bertz CT molecular complexity index is 604. The number of nitrogen functional groups attached to an aromatic ring is 1. The van der Waals surface area contributed by atoms with Gasteiger partial charge in [-0.15, -0.1) is 0 Å². The van der Waals surface area contributed by atoms with E-state index in [2.05, 4.69) is 61.2 Å². The Morgan fingerprint density at radius 2 is 1.90 bits per heavy atom. The zero-order valence-corrected chi connectivity index (χ0v) is 12.9. The third-order valence-electron chi connectivity index (χ3n) is 4.48. The molecule has 0 heterocycles. The minimum Gasteiger partial charge on any atom is -0.399 e. The second-order valence-electron chi connectivity index (χ2n) is 6.26. The van der Waals surface area contributed by atoms with Crippen molar-refractivity contribution in [2.45, 2.75) is 45.3 Å². The lowest BCUT2D eigenvalue weighted by Crippen LogP contribution is -2.33. The van der Waals surface area contributed by atoms with Crippen LogP contribution in [0, 0.1) is 0 Å². The lowest BCUT2D eigenvalue weighted by Gasteiger charge is -2.33. The van der Waals surface area contributed by atoms with Crippen molar-refractivity contribution < 1.29 is 0 Å². The molecule has 2 nitrogen and oxygen atoms in total. The molecule has 3 rings (SSSR count). The average Bonchev–Trinajstić information content (AvgIpc) is 2.88. The Morgan fingerprint density at radius 3 is 2.62 bits per heavy atom. The number of aryl methyl sites for hydroxylation is 1. The molecule has 2 aromatic rings. The molecule has 0 aliphatic heterocycles. The molecule has 0 amide bonds. The Morgan fingerprint density at radius 1 is 1.14 bits per heavy atom. The molecule has 2 aromatic carbocycles. The molecular formula is C19H24N2. The molecule has 0 saturated heterocycles. The van der Waals surface area contributed by atoms with Crippen molar-refractivity contribution in [3.8, 4) is 0 Å². The molecule has 1 aliphatic rings. The van der Waals surface area contributed by atoms with Crippen molar-refractivity contribution in [3.63, 3.8) is 0 Å². The van der Waals surface area contributed by atoms with E-state index in [1.807, 2.05) is 6.07 Å². The minimum atomic E-state index is 0.515. The predicted molar refractivity (Wildman–Crippen MR) is 89.0 cm³/mol. The summed E-state index contributed by atoms with van der Waals surface area (Å²) in [7, 11) is 0. The van der Waals surface area contributed by atoms with Crippen LogP contribution < -0.4 is 5.73 Å². The highest BCUT2D eigenvalue weighted by atomic mass is 15.2. The predicted octanol–water partition coefficient (Wildman–Crippen LogP) is 4.17. The SMILES string of the molecule is CC(C)N(Cc1ccccc1)C1CCc2cc(N)ccc21. The van der Waals surface area contributed by atoms with E-state index in [0.717, 1.165) is 18.7 Å². The molecule has 2 heteroatoms. The monoisotopic (exact) mass is 280 g/mol. The van der Waals surface area contributed by atoms with Gasteiger partial charge in [-0.25, -0.2) is 0 Å². The van der Waals surface area contributed by atoms with Crippen LogP contribution in [0.2, 0.25) is 0 Å². The molecular weight excluding hydrogens is 256 g/mol. The van der Waals surface area contributed by atoms with Gasteiger partial charge in [0.2, 0.25) is 0 Å². The van der Waals surface area contributed by atoms with Crippen LogP contribution in [0.25, 0.3) is 0 Å². The second-order valence-corrected chi connectivity index (χ2v) is 6.26. The largest absolute Gasteiger partial charge is 0.399 e. The van der Waals surface area contributed by atoms with Gasteiger partial charge in [0.25, 0.3) is 0 Å². The maximum atomic E-state index is 5.92. The molecule has 2 N–H and O–H groups in total. The standard InChI is InChI=1S/C19H24N2/c1-14(2)21(13-15-6-4-3-5-7-15)19-11-8-16-12-17(20)9-10-18(16)19/h3-7,9-10,12,14,19H,8,11,13,20H2,1-2H3. The first-order valence-electron chi connectivity index (χ1n) is 7.83. The molecule has 0 saturated carbocycles. The number of benzene rings is 2. The quantitative estimate of drug-likeness (QED) is 0.852. The number of nitrogens with two attached hydrogens (primary N) is 1. The highest BCUT2D eigenvalue weighted by molar-refractivity contribution is 5.47. The normalized spacial score (nSPS) is 17.4. The lowest BCUT2D eigenvalue weighted by atomic mass is 10.0. The van der Waals surface area contributed by atoms with Crippen LogP contribution in [-0.2, 0) is 13.0 Å². The van der Waals surface area contributed by atoms with Crippen molar-refractivity contribution >= 4 is 5.69 Å². The van der Waals surface area contributed by atoms with Crippen LogP contribution >= 0.6 is 0 Å². The van der Waals surface area contributed by atoms with Crippen molar-refractivity contribution in [1.29, 1.82) is 0 Å². The van der Waals surface area contributed by atoms with Gasteiger partial charge in [0.1, 0.15) is 0 Å². The molecule has 21 heavy (non-hydrogen) atoms. The summed E-state index contributed by atoms with van der Waals surface area (Å²) in [5.41, 5.74) is 11.1. The van der Waals surface area contributed by atoms with Gasteiger partial charge in [-0.3, -0.25) is 4.90 Å². The number of rotatable bonds is 4. The summed E-state index contributed by atoms with van der Waals surface area (Å²) < 4.78 is 0. The summed E-state index contributed by atoms with van der Waals surface area (Å²) in [6.07, 6.45) is 2.34. The molecule has 0 bridgehead atoms. The van der Waals surface area contributed by atoms with E-state index in [9.17, 15) is 0 Å². The Balaban J connectivity index is 1.87. The number of hydrogen-bond donors (Lipinski definition) is 1. The van der Waals surface area contributed by atoms with Crippen LogP contribution in [-0.4, -0.2) is 10.9 Å². The van der Waals surface area contributed by atoms with E-state index in [1.165, 1.54) is 23.1 Å². The summed E-state index contributed by atoms with van der Waals surface area (Å²) in [6.45, 7) is 5.59. The summed E-state index contributed by atoms with van der Waals surface area (Å²) in [6, 6.07) is 18.2. The van der Waals surface area contributed by atoms with Gasteiger partial charge in [0, 0.05) is 24.3 Å². The fourth-order valence-corrected chi connectivity index (χ4v) is 3.41. The van der Waals surface area contributed by atoms with Crippen LogP contribution in [0.1, 0.15) is 43.0 Å². The maximum absolute atomic E-state index is 5.92. The van der Waals surface area contributed by atoms with E-state index >= 15 is 0 Å². The summed E-state index contributed by atoms with van der Waals surface area (Å²) >= 11 is 0. The second kappa shape index (κ2) is 5.90. The zero-order chi connectivity index (χ0) is 14.8. The zero-order valence-electron chi connectivity index (χ0n) is 12.9. The number of anilines is 1. The van der Waals surface area contributed by atoms with Gasteiger partial charge < -0.3 is 5.73 Å². The lowest BCUT2D eigenvalue weighted by molar-refractivity contribution is 0.143. The number of hydrogen-bond acceptors (Lipinski definition) is 2. The number of nitrogens with zero attached hydrogens (tertiary/aromatic N) is 1. The van der Waals surface area contributed by atoms with Crippen molar-refractivity contribution in [3.05, 3.63) is 65.2 Å². The highest BCUT2D eigenvalue weighted by Gasteiger charge is 2.29. The maximum Gasteiger partial charge on any atom is 0.0360 e. The Kier molecular flexibility index (Phi) is 3.98. The van der Waals surface area contributed by atoms with Crippen LogP contribution in [0.15, 0.2) is 48.5 Å². The van der Waals surface area contributed by atoms with Crippen molar-refractivity contribution in [2.24, 2.45) is 0 Å². The molecule has 0 fully saturated rings. The van der Waals surface area contributed by atoms with Gasteiger partial charge in [-0.1, -0.05) is 36.4 Å². The van der Waals surface area contributed by atoms with E-state index in [4.69, 9.17) is 5.73 Å². The molecule has 110 valence electrons. The van der Waals surface area contributed by atoms with Crippen LogP contribution in [0.4, 0.5) is 5.69 Å². The average molecular weight is 280 g/mol. The molecule has 0 radical (unpaired) electrons. The first-order chi connectivity index (χ1) is 10.1. The van der Waals surface area contributed by atoms with E-state index in [-0.39, 0.29) is 0 Å². The fraction of sp³-hybridized carbons (Fsp3) is 0.368. The number of fused-ring (bicyclic) bond motifs is 1. The molecule has 1 unspecified atom stereocenters. The fourth-order valence-electron chi connectivity index (χ4n) is 3.41. The first kappa shape index (κ1) is 14.2. The Hall–Kier alpha value is -1.80. The smallest absolute Gasteiger partial charge is 0.0360 e. The highest BCUT2D eigenvalue weighted by Crippen LogP contribution is 2.38. The summed E-state index contributed by atoms with van der Waals surface area (Å²) in [5, 5.41) is 0. The Labute approximate surface area is 127 Å². The summed E-state index contributed by atoms with van der Waals surface area (Å²) in [4.78, 5) is 2.61. The van der Waals surface area contributed by atoms with Gasteiger partial charge in [0.15, 0.2) is 0 Å². The van der Waals surface area contributed by atoms with Crippen molar-refractivity contribution in [1.82, 2.24) is 4.90 Å². The van der Waals surface area contributed by atoms with Gasteiger partial charge in [-0.2, -0.15) is 0 Å². The molecule has 0 aromatic heterocycles. The topological polar surface area (TPSA) is 29.3 Å². The van der Waals surface area contributed by atoms with Crippen LogP contribution in [0.3, 0.4) is 0 Å². The van der Waals surface area contributed by atoms with Gasteiger partial charge in [-0.05, 0) is 55.5 Å². The third kappa shape index (κ3) is 2.96. The van der Waals surface area contributed by atoms with E-state index in [1.54, 1.807) is 0 Å². The van der Waals surface area contributed by atoms with Crippen molar-refractivity contribution in [2.75, 3.05) is 5.73 Å². The van der Waals surface area contributed by atoms with Crippen LogP contribution in [0.5, 0.6) is 0 Å². The van der Waals surface area contributed by atoms with Gasteiger partial charge in [0.05, 0.1) is 0 Å². The molecule has 1 aliphatic carbocycles. The molecule has 0 spiro atoms.